The largest absolute Gasteiger partial charge is 0.494 e. The predicted molar refractivity (Wildman–Crippen MR) is 124 cm³/mol. The summed E-state index contributed by atoms with van der Waals surface area (Å²) in [7, 11) is 1.60. The number of nitrogens with one attached hydrogen (secondary N) is 1. The van der Waals surface area contributed by atoms with E-state index in [1.807, 2.05) is 35.9 Å². The normalized spacial score (nSPS) is 17.2. The number of rotatable bonds is 7. The lowest BCUT2D eigenvalue weighted by Gasteiger charge is -2.38. The number of nitrogens with zero attached hydrogens (tertiary/aromatic N) is 3. The summed E-state index contributed by atoms with van der Waals surface area (Å²) in [6.45, 7) is 2.13. The van der Waals surface area contributed by atoms with Crippen molar-refractivity contribution >= 4 is 23.2 Å². The van der Waals surface area contributed by atoms with E-state index in [1.165, 1.54) is 12.1 Å². The Hall–Kier alpha value is -3.10. The maximum Gasteiger partial charge on any atom is 0.245 e. The first-order valence-electron chi connectivity index (χ1n) is 10.7. The van der Waals surface area contributed by atoms with Gasteiger partial charge in [0.25, 0.3) is 0 Å². The van der Waals surface area contributed by atoms with Crippen LogP contribution < -0.4 is 10.1 Å². The van der Waals surface area contributed by atoms with Crippen molar-refractivity contribution in [3.63, 3.8) is 0 Å². The Balaban J connectivity index is 1.54. The number of aliphatic hydroxyl groups excluding tert-OH is 1. The van der Waals surface area contributed by atoms with Crippen LogP contribution in [0.3, 0.4) is 0 Å². The minimum atomic E-state index is -0.596. The summed E-state index contributed by atoms with van der Waals surface area (Å²) in [5.74, 6) is -0.0226. The van der Waals surface area contributed by atoms with Gasteiger partial charge in [0.2, 0.25) is 5.91 Å². The van der Waals surface area contributed by atoms with Gasteiger partial charge in [0, 0.05) is 24.5 Å². The molecule has 4 rings (SSSR count). The lowest BCUT2D eigenvalue weighted by Crippen LogP contribution is -2.49. The Morgan fingerprint density at radius 3 is 2.82 bits per heavy atom. The fourth-order valence-electron chi connectivity index (χ4n) is 4.18. The van der Waals surface area contributed by atoms with Crippen molar-refractivity contribution in [3.05, 3.63) is 71.0 Å². The molecule has 1 aliphatic heterocycles. The molecular weight excluding hydrogens is 447 g/mol. The van der Waals surface area contributed by atoms with Gasteiger partial charge >= 0.3 is 0 Å². The third-order valence-electron chi connectivity index (χ3n) is 5.86. The van der Waals surface area contributed by atoms with E-state index in [0.29, 0.717) is 24.3 Å². The molecule has 2 N–H and O–H groups in total. The Bertz CT molecular complexity index is 1150. The summed E-state index contributed by atoms with van der Waals surface area (Å²) in [5.41, 5.74) is 3.08. The minimum absolute atomic E-state index is 0.0367. The smallest absolute Gasteiger partial charge is 0.245 e. The second kappa shape index (κ2) is 9.80. The fourth-order valence-corrected chi connectivity index (χ4v) is 4.37. The van der Waals surface area contributed by atoms with Crippen LogP contribution in [0.2, 0.25) is 5.02 Å². The molecule has 1 fully saturated rings. The molecule has 0 aliphatic carbocycles. The molecule has 2 atom stereocenters. The molecule has 9 heteroatoms. The number of ether oxygens (including phenoxy) is 1. The number of methoxy groups -OCH3 is 1. The number of aryl methyl sites for hydroxylation is 1. The highest BCUT2D eigenvalue weighted by Crippen LogP contribution is 2.31. The second-order valence-electron chi connectivity index (χ2n) is 8.05. The van der Waals surface area contributed by atoms with Gasteiger partial charge in [0.05, 0.1) is 42.5 Å². The first kappa shape index (κ1) is 23.1. The van der Waals surface area contributed by atoms with Crippen molar-refractivity contribution in [1.29, 1.82) is 0 Å². The Kier molecular flexibility index (Phi) is 6.85. The van der Waals surface area contributed by atoms with Gasteiger partial charge in [-0.1, -0.05) is 17.7 Å². The summed E-state index contributed by atoms with van der Waals surface area (Å²) in [5, 5.41) is 13.3. The molecule has 2 aromatic carbocycles. The number of aliphatic hydroxyl groups is 1. The van der Waals surface area contributed by atoms with Crippen LogP contribution in [0.15, 0.2) is 48.9 Å². The fraction of sp³-hybridized carbons (Fsp3) is 0.333. The number of hydrogen-bond acceptors (Lipinski definition) is 5. The van der Waals surface area contributed by atoms with Gasteiger partial charge in [-0.2, -0.15) is 0 Å². The number of imidazole rings is 1. The van der Waals surface area contributed by atoms with Crippen LogP contribution in [0.5, 0.6) is 5.75 Å². The highest BCUT2D eigenvalue weighted by Gasteiger charge is 2.34. The molecule has 2 unspecified atom stereocenters. The van der Waals surface area contributed by atoms with Crippen LogP contribution in [0, 0.1) is 12.7 Å². The van der Waals surface area contributed by atoms with Crippen molar-refractivity contribution in [2.75, 3.05) is 25.6 Å². The van der Waals surface area contributed by atoms with Crippen LogP contribution in [0.25, 0.3) is 5.69 Å². The number of piperidine rings is 1. The number of carbonyl (C=O) groups is 1. The van der Waals surface area contributed by atoms with E-state index >= 15 is 0 Å². The molecule has 0 saturated carbocycles. The molecule has 1 aliphatic rings. The van der Waals surface area contributed by atoms with Crippen molar-refractivity contribution < 1.29 is 19.0 Å². The number of hydrogen-bond donors (Lipinski definition) is 2. The lowest BCUT2D eigenvalue weighted by atomic mass is 9.98. The van der Waals surface area contributed by atoms with Gasteiger partial charge in [-0.25, -0.2) is 9.37 Å². The molecule has 1 saturated heterocycles. The standard InChI is InChI=1S/C24H26ClFN4O3/c1-15-12-29(14-27-15)21-8-6-17(11-23(21)33-2)28-20-4-3-9-30(24(20)32)22(13-31)16-5-7-19(26)18(25)10-16/h5-8,10-12,14,20,22,28,31H,3-4,9,13H2,1-2H3. The predicted octanol–water partition coefficient (Wildman–Crippen LogP) is 4.12. The van der Waals surface area contributed by atoms with Crippen molar-refractivity contribution in [2.24, 2.45) is 0 Å². The van der Waals surface area contributed by atoms with E-state index in [-0.39, 0.29) is 17.5 Å². The number of likely N-dealkylation sites (tertiary alicyclic amines) is 1. The van der Waals surface area contributed by atoms with E-state index in [1.54, 1.807) is 24.4 Å². The van der Waals surface area contributed by atoms with E-state index in [9.17, 15) is 14.3 Å². The first-order chi connectivity index (χ1) is 15.9. The molecule has 3 aromatic rings. The highest BCUT2D eigenvalue weighted by atomic mass is 35.5. The van der Waals surface area contributed by atoms with Crippen LogP contribution >= 0.6 is 11.6 Å². The van der Waals surface area contributed by atoms with Gasteiger partial charge in [-0.15, -0.1) is 0 Å². The molecule has 0 spiro atoms. The van der Waals surface area contributed by atoms with Gasteiger partial charge in [0.1, 0.15) is 17.6 Å². The molecule has 7 nitrogen and oxygen atoms in total. The van der Waals surface area contributed by atoms with E-state index in [4.69, 9.17) is 16.3 Å². The number of anilines is 1. The van der Waals surface area contributed by atoms with Gasteiger partial charge in [-0.05, 0) is 49.6 Å². The van der Waals surface area contributed by atoms with Crippen molar-refractivity contribution in [2.45, 2.75) is 31.8 Å². The van der Waals surface area contributed by atoms with Gasteiger partial charge in [0.15, 0.2) is 0 Å². The molecule has 0 bridgehead atoms. The number of benzene rings is 2. The first-order valence-corrected chi connectivity index (χ1v) is 11.1. The third-order valence-corrected chi connectivity index (χ3v) is 6.15. The maximum absolute atomic E-state index is 13.6. The quantitative estimate of drug-likeness (QED) is 0.540. The summed E-state index contributed by atoms with van der Waals surface area (Å²) in [6.07, 6.45) is 5.05. The zero-order valence-corrected chi connectivity index (χ0v) is 19.2. The van der Waals surface area contributed by atoms with E-state index < -0.39 is 17.9 Å². The van der Waals surface area contributed by atoms with E-state index in [2.05, 4.69) is 10.3 Å². The molecule has 1 aromatic heterocycles. The van der Waals surface area contributed by atoms with Crippen molar-refractivity contribution in [1.82, 2.24) is 14.5 Å². The average molecular weight is 473 g/mol. The molecule has 0 radical (unpaired) electrons. The van der Waals surface area contributed by atoms with Gasteiger partial charge < -0.3 is 24.6 Å². The second-order valence-corrected chi connectivity index (χ2v) is 8.46. The molecule has 2 heterocycles. The summed E-state index contributed by atoms with van der Waals surface area (Å²) in [4.78, 5) is 19.2. The summed E-state index contributed by atoms with van der Waals surface area (Å²) < 4.78 is 21.0. The maximum atomic E-state index is 13.6. The highest BCUT2D eigenvalue weighted by molar-refractivity contribution is 6.30. The molecule has 33 heavy (non-hydrogen) atoms. The zero-order chi connectivity index (χ0) is 23.5. The Morgan fingerprint density at radius 2 is 2.15 bits per heavy atom. The van der Waals surface area contributed by atoms with E-state index in [0.717, 1.165) is 23.5 Å². The molecule has 174 valence electrons. The Labute approximate surface area is 196 Å². The SMILES string of the molecule is COc1cc(NC2CCCN(C(CO)c3ccc(F)c(Cl)c3)C2=O)ccc1-n1cnc(C)c1. The number of carbonyl (C=O) groups excluding carboxylic acids is 1. The van der Waals surface area contributed by atoms with Crippen LogP contribution in [-0.2, 0) is 4.79 Å². The van der Waals surface area contributed by atoms with Crippen molar-refractivity contribution in [3.8, 4) is 11.4 Å². The summed E-state index contributed by atoms with van der Waals surface area (Å²) >= 11 is 5.92. The topological polar surface area (TPSA) is 79.6 Å². The van der Waals surface area contributed by atoms with Crippen LogP contribution in [0.1, 0.15) is 30.1 Å². The molecule has 1 amide bonds. The summed E-state index contributed by atoms with van der Waals surface area (Å²) in [6, 6.07) is 8.85. The number of amides is 1. The monoisotopic (exact) mass is 472 g/mol. The Morgan fingerprint density at radius 1 is 1.33 bits per heavy atom. The number of aromatic nitrogens is 2. The lowest BCUT2D eigenvalue weighted by molar-refractivity contribution is -0.138. The van der Waals surface area contributed by atoms with Gasteiger partial charge in [-0.3, -0.25) is 4.79 Å². The third kappa shape index (κ3) is 4.82. The number of halogens is 2. The van der Waals surface area contributed by atoms with Crippen LogP contribution in [-0.4, -0.2) is 51.8 Å². The minimum Gasteiger partial charge on any atom is -0.494 e. The average Bonchev–Trinajstić information content (AvgIpc) is 3.25. The molecular formula is C24H26ClFN4O3. The zero-order valence-electron chi connectivity index (χ0n) is 18.5. The van der Waals surface area contributed by atoms with Crippen LogP contribution in [0.4, 0.5) is 10.1 Å².